The summed E-state index contributed by atoms with van der Waals surface area (Å²) in [7, 11) is 0. The van der Waals surface area contributed by atoms with Crippen LogP contribution in [0.5, 0.6) is 0 Å². The van der Waals surface area contributed by atoms with Crippen molar-refractivity contribution >= 4 is 5.69 Å². The molecular formula is C12H15FN2O2. The summed E-state index contributed by atoms with van der Waals surface area (Å²) in [6.07, 6.45) is 4.62. The van der Waals surface area contributed by atoms with Crippen LogP contribution in [0.3, 0.4) is 0 Å². The molecular weight excluding hydrogens is 223 g/mol. The number of hydrogen-bond acceptors (Lipinski definition) is 3. The monoisotopic (exact) mass is 238 g/mol. The molecule has 2 rings (SSSR count). The summed E-state index contributed by atoms with van der Waals surface area (Å²) < 4.78 is 13.7. The molecule has 1 N–H and O–H groups in total. The van der Waals surface area contributed by atoms with Crippen LogP contribution in [0.1, 0.15) is 31.2 Å². The van der Waals surface area contributed by atoms with Gasteiger partial charge in [0, 0.05) is 24.2 Å². The minimum absolute atomic E-state index is 0.359. The maximum Gasteiger partial charge on any atom is 0.305 e. The molecule has 0 saturated heterocycles. The first-order chi connectivity index (χ1) is 8.18. The highest BCUT2D eigenvalue weighted by Gasteiger charge is 2.19. The van der Waals surface area contributed by atoms with Crippen LogP contribution in [0.4, 0.5) is 10.1 Å². The number of nitrogens with zero attached hydrogens (tertiary/aromatic N) is 1. The fourth-order valence-electron chi connectivity index (χ4n) is 2.23. The van der Waals surface area contributed by atoms with E-state index in [1.54, 1.807) is 6.07 Å². The maximum atomic E-state index is 13.7. The van der Waals surface area contributed by atoms with Crippen molar-refractivity contribution in [2.75, 3.05) is 0 Å². The van der Waals surface area contributed by atoms with Crippen molar-refractivity contribution in [3.63, 3.8) is 0 Å². The van der Waals surface area contributed by atoms with Gasteiger partial charge in [0.1, 0.15) is 0 Å². The molecule has 92 valence electrons. The average molecular weight is 238 g/mol. The molecule has 1 fully saturated rings. The van der Waals surface area contributed by atoms with Crippen LogP contribution < -0.4 is 5.32 Å². The molecule has 0 spiro atoms. The van der Waals surface area contributed by atoms with E-state index in [1.165, 1.54) is 25.0 Å². The zero-order valence-electron chi connectivity index (χ0n) is 9.49. The molecule has 0 heterocycles. The van der Waals surface area contributed by atoms with E-state index in [-0.39, 0.29) is 0 Å². The van der Waals surface area contributed by atoms with E-state index in [1.807, 2.05) is 0 Å². The van der Waals surface area contributed by atoms with E-state index in [0.717, 1.165) is 12.8 Å². The van der Waals surface area contributed by atoms with Gasteiger partial charge in [-0.15, -0.1) is 0 Å². The topological polar surface area (TPSA) is 55.2 Å². The normalized spacial score (nSPS) is 16.3. The maximum absolute atomic E-state index is 13.7. The van der Waals surface area contributed by atoms with Gasteiger partial charge in [0.15, 0.2) is 0 Å². The second-order valence-corrected chi connectivity index (χ2v) is 4.37. The molecule has 0 radical (unpaired) electrons. The van der Waals surface area contributed by atoms with Gasteiger partial charge in [-0.3, -0.25) is 10.1 Å². The minimum Gasteiger partial charge on any atom is -0.310 e. The fourth-order valence-corrected chi connectivity index (χ4v) is 2.23. The predicted octanol–water partition coefficient (Wildman–Crippen LogP) is 2.77. The highest BCUT2D eigenvalue weighted by molar-refractivity contribution is 5.36. The Morgan fingerprint density at radius 3 is 2.76 bits per heavy atom. The van der Waals surface area contributed by atoms with E-state index >= 15 is 0 Å². The van der Waals surface area contributed by atoms with Gasteiger partial charge in [0.2, 0.25) is 5.82 Å². The average Bonchev–Trinajstić information content (AvgIpc) is 2.80. The summed E-state index contributed by atoms with van der Waals surface area (Å²) in [6.45, 7) is 0.359. The number of nitro groups is 1. The Balaban J connectivity index is 2.04. The molecule has 1 aliphatic rings. The van der Waals surface area contributed by atoms with Crippen molar-refractivity contribution in [3.05, 3.63) is 39.7 Å². The molecule has 0 aromatic heterocycles. The predicted molar refractivity (Wildman–Crippen MR) is 62.2 cm³/mol. The molecule has 0 bridgehead atoms. The first kappa shape index (κ1) is 12.0. The van der Waals surface area contributed by atoms with Gasteiger partial charge >= 0.3 is 5.69 Å². The lowest BCUT2D eigenvalue weighted by atomic mass is 10.1. The van der Waals surface area contributed by atoms with Crippen LogP contribution in [0.2, 0.25) is 0 Å². The molecule has 5 heteroatoms. The van der Waals surface area contributed by atoms with E-state index in [9.17, 15) is 14.5 Å². The second kappa shape index (κ2) is 5.23. The summed E-state index contributed by atoms with van der Waals surface area (Å²) in [5.41, 5.74) is -0.0816. The standard InChI is InChI=1S/C12H15FN2O2/c13-12-9(4-3-7-11(12)15(16)17)8-14-10-5-1-2-6-10/h3-4,7,10,14H,1-2,5-6,8H2. The van der Waals surface area contributed by atoms with Gasteiger partial charge in [0.05, 0.1) is 4.92 Å². The lowest BCUT2D eigenvalue weighted by Gasteiger charge is -2.11. The van der Waals surface area contributed by atoms with Crippen LogP contribution in [-0.4, -0.2) is 11.0 Å². The zero-order chi connectivity index (χ0) is 12.3. The fraction of sp³-hybridized carbons (Fsp3) is 0.500. The van der Waals surface area contributed by atoms with Crippen molar-refractivity contribution in [2.45, 2.75) is 38.3 Å². The van der Waals surface area contributed by atoms with Gasteiger partial charge in [-0.2, -0.15) is 4.39 Å². The van der Waals surface area contributed by atoms with Gasteiger partial charge in [-0.1, -0.05) is 25.0 Å². The van der Waals surface area contributed by atoms with Crippen LogP contribution in [0, 0.1) is 15.9 Å². The summed E-state index contributed by atoms with van der Waals surface area (Å²) in [4.78, 5) is 9.89. The van der Waals surface area contributed by atoms with E-state index in [0.29, 0.717) is 18.2 Å². The van der Waals surface area contributed by atoms with Crippen molar-refractivity contribution in [1.82, 2.24) is 5.32 Å². The Morgan fingerprint density at radius 1 is 1.41 bits per heavy atom. The Hall–Kier alpha value is -1.49. The molecule has 1 aromatic carbocycles. The largest absolute Gasteiger partial charge is 0.310 e. The number of nitrogens with one attached hydrogen (secondary N) is 1. The molecule has 17 heavy (non-hydrogen) atoms. The van der Waals surface area contributed by atoms with Gasteiger partial charge in [0.25, 0.3) is 0 Å². The summed E-state index contributed by atoms with van der Waals surface area (Å²) in [5.74, 6) is -0.719. The Bertz CT molecular complexity index is 417. The quantitative estimate of drug-likeness (QED) is 0.648. The van der Waals surface area contributed by atoms with Crippen molar-refractivity contribution < 1.29 is 9.31 Å². The van der Waals surface area contributed by atoms with Gasteiger partial charge in [-0.05, 0) is 12.8 Å². The third-order valence-corrected chi connectivity index (χ3v) is 3.19. The molecule has 0 amide bonds. The number of halogens is 1. The third kappa shape index (κ3) is 2.79. The van der Waals surface area contributed by atoms with Gasteiger partial charge < -0.3 is 5.32 Å². The SMILES string of the molecule is O=[N+]([O-])c1cccc(CNC2CCCC2)c1F. The number of benzene rings is 1. The molecule has 4 nitrogen and oxygen atoms in total. The van der Waals surface area contributed by atoms with Gasteiger partial charge in [-0.25, -0.2) is 0 Å². The molecule has 0 unspecified atom stereocenters. The lowest BCUT2D eigenvalue weighted by Crippen LogP contribution is -2.25. The molecule has 0 aliphatic heterocycles. The van der Waals surface area contributed by atoms with Crippen molar-refractivity contribution in [3.8, 4) is 0 Å². The van der Waals surface area contributed by atoms with Crippen molar-refractivity contribution in [1.29, 1.82) is 0 Å². The smallest absolute Gasteiger partial charge is 0.305 e. The Kier molecular flexibility index (Phi) is 3.68. The van der Waals surface area contributed by atoms with E-state index < -0.39 is 16.4 Å². The van der Waals surface area contributed by atoms with Crippen LogP contribution in [-0.2, 0) is 6.54 Å². The highest BCUT2D eigenvalue weighted by atomic mass is 19.1. The van der Waals surface area contributed by atoms with E-state index in [2.05, 4.69) is 5.32 Å². The Labute approximate surface area is 99.0 Å². The minimum atomic E-state index is -0.719. The first-order valence-electron chi connectivity index (χ1n) is 5.83. The Morgan fingerprint density at radius 2 is 2.12 bits per heavy atom. The molecule has 1 saturated carbocycles. The second-order valence-electron chi connectivity index (χ2n) is 4.37. The third-order valence-electron chi connectivity index (χ3n) is 3.19. The number of nitro benzene ring substituents is 1. The van der Waals surface area contributed by atoms with Crippen LogP contribution in [0.15, 0.2) is 18.2 Å². The number of rotatable bonds is 4. The summed E-state index contributed by atoms with van der Waals surface area (Å²) >= 11 is 0. The number of hydrogen-bond donors (Lipinski definition) is 1. The zero-order valence-corrected chi connectivity index (χ0v) is 9.49. The molecule has 0 atom stereocenters. The molecule has 1 aliphatic carbocycles. The van der Waals surface area contributed by atoms with Crippen LogP contribution in [0.25, 0.3) is 0 Å². The first-order valence-corrected chi connectivity index (χ1v) is 5.83. The highest BCUT2D eigenvalue weighted by Crippen LogP contribution is 2.22. The summed E-state index contributed by atoms with van der Waals surface area (Å²) in [5, 5.41) is 13.8. The summed E-state index contributed by atoms with van der Waals surface area (Å²) in [6, 6.07) is 4.72. The van der Waals surface area contributed by atoms with Crippen molar-refractivity contribution in [2.24, 2.45) is 0 Å². The lowest BCUT2D eigenvalue weighted by molar-refractivity contribution is -0.387. The van der Waals surface area contributed by atoms with Crippen LogP contribution >= 0.6 is 0 Å². The van der Waals surface area contributed by atoms with E-state index in [4.69, 9.17) is 0 Å². The molecule has 1 aromatic rings.